The number of carbonyl (C=O) groups is 3. The molecule has 1 aromatic heterocycles. The molecule has 3 rings (SSSR count). The predicted octanol–water partition coefficient (Wildman–Crippen LogP) is 4.24. The van der Waals surface area contributed by atoms with E-state index in [-0.39, 0.29) is 18.3 Å². The molecule has 1 N–H and O–H groups in total. The second kappa shape index (κ2) is 10.1. The van der Waals surface area contributed by atoms with Crippen LogP contribution >= 0.6 is 23.2 Å². The number of aromatic nitrogens is 3. The van der Waals surface area contributed by atoms with E-state index < -0.39 is 18.1 Å². The lowest BCUT2D eigenvalue weighted by molar-refractivity contribution is -0.117. The van der Waals surface area contributed by atoms with Gasteiger partial charge in [-0.1, -0.05) is 35.3 Å². The van der Waals surface area contributed by atoms with Crippen LogP contribution in [0.5, 0.6) is 0 Å². The number of hydrogen-bond donors (Lipinski definition) is 1. The quantitative estimate of drug-likeness (QED) is 0.396. The first kappa shape index (κ1) is 24.4. The first-order valence-electron chi connectivity index (χ1n) is 10.1. The van der Waals surface area contributed by atoms with E-state index in [1.807, 2.05) is 6.92 Å². The van der Waals surface area contributed by atoms with E-state index >= 15 is 0 Å². The largest absolute Gasteiger partial charge is 0.345 e. The molecule has 33 heavy (non-hydrogen) atoms. The maximum atomic E-state index is 13.3. The van der Waals surface area contributed by atoms with Gasteiger partial charge in [-0.2, -0.15) is 5.10 Å². The molecule has 2 aromatic carbocycles. The van der Waals surface area contributed by atoms with Crippen LogP contribution in [0.1, 0.15) is 44.3 Å². The number of ketones is 1. The fourth-order valence-electron chi connectivity index (χ4n) is 3.17. The number of hydrogen-bond acceptors (Lipinski definition) is 5. The van der Waals surface area contributed by atoms with Crippen molar-refractivity contribution in [3.8, 4) is 0 Å². The van der Waals surface area contributed by atoms with Gasteiger partial charge >= 0.3 is 0 Å². The lowest BCUT2D eigenvalue weighted by Crippen LogP contribution is -2.32. The predicted molar refractivity (Wildman–Crippen MR) is 127 cm³/mol. The molecule has 0 radical (unpaired) electrons. The van der Waals surface area contributed by atoms with Crippen LogP contribution in [0.3, 0.4) is 0 Å². The smallest absolute Gasteiger partial charge is 0.253 e. The van der Waals surface area contributed by atoms with Crippen molar-refractivity contribution in [2.45, 2.75) is 26.8 Å². The van der Waals surface area contributed by atoms with Crippen molar-refractivity contribution < 1.29 is 14.4 Å². The second-order valence-electron chi connectivity index (χ2n) is 7.77. The molecule has 0 aliphatic heterocycles. The molecule has 2 amide bonds. The van der Waals surface area contributed by atoms with Gasteiger partial charge in [-0.05, 0) is 49.2 Å². The zero-order chi connectivity index (χ0) is 24.3. The molecule has 0 fully saturated rings. The van der Waals surface area contributed by atoms with Crippen molar-refractivity contribution in [3.63, 3.8) is 0 Å². The maximum absolute atomic E-state index is 13.3. The Kier molecular flexibility index (Phi) is 7.50. The molecule has 1 heterocycles. The molecule has 0 saturated carbocycles. The van der Waals surface area contributed by atoms with Gasteiger partial charge in [-0.15, -0.1) is 0 Å². The van der Waals surface area contributed by atoms with E-state index in [0.29, 0.717) is 32.7 Å². The van der Waals surface area contributed by atoms with Crippen molar-refractivity contribution in [2.75, 3.05) is 19.0 Å². The van der Waals surface area contributed by atoms with Gasteiger partial charge in [0.05, 0.1) is 23.0 Å². The molecule has 3 aromatic rings. The molecule has 0 atom stereocenters. The van der Waals surface area contributed by atoms with Gasteiger partial charge in [0.15, 0.2) is 0 Å². The van der Waals surface area contributed by atoms with Crippen molar-refractivity contribution in [3.05, 3.63) is 74.8 Å². The summed E-state index contributed by atoms with van der Waals surface area (Å²) in [6.45, 7) is 3.60. The number of rotatable bonds is 7. The molecule has 0 aliphatic carbocycles. The summed E-state index contributed by atoms with van der Waals surface area (Å²) >= 11 is 12.2. The standard InChI is InChI=1S/C23H23Cl2N5O3/c1-13-5-7-16(10-17(13)23(33)29(3)4)30(12-15-6-8-18(24)19(25)9-15)21(32)11-20(31)22-26-14(2)27-28-22/h5-10H,11-12H2,1-4H3,(H,26,27,28). The number of aromatic amines is 1. The number of Topliss-reactive ketones (excluding diaryl/α,β-unsaturated/α-hetero) is 1. The summed E-state index contributed by atoms with van der Waals surface area (Å²) in [7, 11) is 3.31. The summed E-state index contributed by atoms with van der Waals surface area (Å²) in [4.78, 5) is 45.4. The highest BCUT2D eigenvalue weighted by atomic mass is 35.5. The van der Waals surface area contributed by atoms with Gasteiger partial charge < -0.3 is 9.80 Å². The fourth-order valence-corrected chi connectivity index (χ4v) is 3.49. The Hall–Kier alpha value is -3.23. The van der Waals surface area contributed by atoms with Crippen molar-refractivity contribution in [2.24, 2.45) is 0 Å². The minimum Gasteiger partial charge on any atom is -0.345 e. The van der Waals surface area contributed by atoms with Gasteiger partial charge in [-0.25, -0.2) is 4.98 Å². The Balaban J connectivity index is 1.98. The van der Waals surface area contributed by atoms with Gasteiger partial charge in [0.2, 0.25) is 17.5 Å². The number of benzene rings is 2. The van der Waals surface area contributed by atoms with Crippen LogP contribution in [0.2, 0.25) is 10.0 Å². The van der Waals surface area contributed by atoms with Crippen molar-refractivity contribution in [1.29, 1.82) is 0 Å². The Morgan fingerprint density at radius 1 is 1.00 bits per heavy atom. The summed E-state index contributed by atoms with van der Waals surface area (Å²) < 4.78 is 0. The summed E-state index contributed by atoms with van der Waals surface area (Å²) in [6.07, 6.45) is -0.441. The number of halogens is 2. The van der Waals surface area contributed by atoms with E-state index in [9.17, 15) is 14.4 Å². The third kappa shape index (κ3) is 5.77. The lowest BCUT2D eigenvalue weighted by Gasteiger charge is -2.24. The Bertz CT molecular complexity index is 1220. The first-order valence-corrected chi connectivity index (χ1v) is 10.8. The van der Waals surface area contributed by atoms with E-state index in [4.69, 9.17) is 23.2 Å². The number of carbonyl (C=O) groups excluding carboxylic acids is 3. The van der Waals surface area contributed by atoms with Gasteiger partial charge in [-0.3, -0.25) is 19.5 Å². The van der Waals surface area contributed by atoms with E-state index in [1.54, 1.807) is 57.4 Å². The van der Waals surface area contributed by atoms with Crippen molar-refractivity contribution >= 4 is 46.5 Å². The third-order valence-corrected chi connectivity index (χ3v) is 5.69. The van der Waals surface area contributed by atoms with Crippen LogP contribution < -0.4 is 4.90 Å². The summed E-state index contributed by atoms with van der Waals surface area (Å²) in [6, 6.07) is 10.2. The zero-order valence-corrected chi connectivity index (χ0v) is 20.2. The highest BCUT2D eigenvalue weighted by Crippen LogP contribution is 2.27. The highest BCUT2D eigenvalue weighted by Gasteiger charge is 2.24. The third-order valence-electron chi connectivity index (χ3n) is 4.95. The topological polar surface area (TPSA) is 99.3 Å². The summed E-state index contributed by atoms with van der Waals surface area (Å²) in [5.74, 6) is -0.754. The molecule has 10 heteroatoms. The zero-order valence-electron chi connectivity index (χ0n) is 18.6. The molecule has 0 aliphatic rings. The van der Waals surface area contributed by atoms with E-state index in [0.717, 1.165) is 5.56 Å². The number of nitrogens with zero attached hydrogens (tertiary/aromatic N) is 4. The summed E-state index contributed by atoms with van der Waals surface area (Å²) in [5, 5.41) is 7.17. The molecule has 0 bridgehead atoms. The highest BCUT2D eigenvalue weighted by molar-refractivity contribution is 6.42. The van der Waals surface area contributed by atoms with Crippen LogP contribution in [-0.2, 0) is 11.3 Å². The van der Waals surface area contributed by atoms with Crippen LogP contribution in [0.4, 0.5) is 5.69 Å². The van der Waals surface area contributed by atoms with Crippen LogP contribution in [0.15, 0.2) is 36.4 Å². The molecule has 172 valence electrons. The monoisotopic (exact) mass is 487 g/mol. The van der Waals surface area contributed by atoms with Crippen LogP contribution in [0, 0.1) is 13.8 Å². The molecule has 0 unspecified atom stereocenters. The Morgan fingerprint density at radius 2 is 1.73 bits per heavy atom. The van der Waals surface area contributed by atoms with Crippen molar-refractivity contribution in [1.82, 2.24) is 20.1 Å². The fraction of sp³-hybridized carbons (Fsp3) is 0.261. The number of anilines is 1. The normalized spacial score (nSPS) is 10.7. The number of nitrogens with one attached hydrogen (secondary N) is 1. The molecular formula is C23H23Cl2N5O3. The van der Waals surface area contributed by atoms with Gasteiger partial charge in [0.1, 0.15) is 5.82 Å². The molecule has 0 saturated heterocycles. The van der Waals surface area contributed by atoms with E-state index in [2.05, 4.69) is 15.2 Å². The minimum absolute atomic E-state index is 0.0530. The summed E-state index contributed by atoms with van der Waals surface area (Å²) in [5.41, 5.74) is 2.41. The number of H-pyrrole nitrogens is 1. The van der Waals surface area contributed by atoms with Gasteiger partial charge in [0, 0.05) is 25.3 Å². The lowest BCUT2D eigenvalue weighted by atomic mass is 10.1. The van der Waals surface area contributed by atoms with Crippen LogP contribution in [-0.4, -0.2) is 51.8 Å². The van der Waals surface area contributed by atoms with E-state index in [1.165, 1.54) is 9.80 Å². The average molecular weight is 488 g/mol. The minimum atomic E-state index is -0.514. The molecular weight excluding hydrogens is 465 g/mol. The maximum Gasteiger partial charge on any atom is 0.253 e. The SMILES string of the molecule is Cc1nc(C(=O)CC(=O)N(Cc2ccc(Cl)c(Cl)c2)c2ccc(C)c(C(=O)N(C)C)c2)n[nH]1. The number of amides is 2. The average Bonchev–Trinajstić information content (AvgIpc) is 3.21. The first-order chi connectivity index (χ1) is 15.6. The van der Waals surface area contributed by atoms with Crippen LogP contribution in [0.25, 0.3) is 0 Å². The Morgan fingerprint density at radius 3 is 2.33 bits per heavy atom. The molecule has 0 spiro atoms. The number of aryl methyl sites for hydroxylation is 2. The Labute approximate surface area is 201 Å². The van der Waals surface area contributed by atoms with Gasteiger partial charge in [0.25, 0.3) is 5.91 Å². The molecule has 8 nitrogen and oxygen atoms in total. The second-order valence-corrected chi connectivity index (χ2v) is 8.59.